The van der Waals surface area contributed by atoms with Crippen LogP contribution in [-0.4, -0.2) is 42.5 Å². The predicted molar refractivity (Wildman–Crippen MR) is 87.8 cm³/mol. The van der Waals surface area contributed by atoms with Gasteiger partial charge in [-0.2, -0.15) is 4.98 Å². The van der Waals surface area contributed by atoms with Crippen LogP contribution >= 0.6 is 0 Å². The molecule has 0 spiro atoms. The zero-order valence-electron chi connectivity index (χ0n) is 13.9. The molecule has 2 aromatic heterocycles. The van der Waals surface area contributed by atoms with Gasteiger partial charge in [0.05, 0.1) is 11.6 Å². The predicted octanol–water partition coefficient (Wildman–Crippen LogP) is 2.21. The van der Waals surface area contributed by atoms with E-state index in [1.54, 1.807) is 10.7 Å². The Morgan fingerprint density at radius 2 is 2.16 bits per heavy atom. The molecule has 1 saturated heterocycles. The van der Waals surface area contributed by atoms with Crippen LogP contribution in [0.5, 0.6) is 0 Å². The van der Waals surface area contributed by atoms with Crippen molar-refractivity contribution >= 4 is 16.9 Å². The van der Waals surface area contributed by atoms with E-state index in [1.807, 2.05) is 24.1 Å². The Labute approximate surface area is 143 Å². The summed E-state index contributed by atoms with van der Waals surface area (Å²) in [6.07, 6.45) is 4.04. The second-order valence-electron chi connectivity index (χ2n) is 6.84. The standard InChI is InChI=1S/C17H18N6O2/c1-22-13-7-6-11(9-12(13)19-21-22)17(24)23-8-2-3-14(23)15-18-16(25-20-15)10-4-5-10/h6-7,9-10,14H,2-5,8H2,1H3. The van der Waals surface area contributed by atoms with E-state index in [2.05, 4.69) is 20.5 Å². The quantitative estimate of drug-likeness (QED) is 0.727. The molecule has 3 heterocycles. The van der Waals surface area contributed by atoms with E-state index < -0.39 is 0 Å². The molecule has 8 heteroatoms. The molecule has 25 heavy (non-hydrogen) atoms. The zero-order chi connectivity index (χ0) is 17.0. The number of amides is 1. The minimum atomic E-state index is -0.110. The van der Waals surface area contributed by atoms with E-state index in [4.69, 9.17) is 4.52 Å². The van der Waals surface area contributed by atoms with Gasteiger partial charge in [0.2, 0.25) is 5.89 Å². The molecule has 0 radical (unpaired) electrons. The summed E-state index contributed by atoms with van der Waals surface area (Å²) in [7, 11) is 1.83. The fourth-order valence-electron chi connectivity index (χ4n) is 3.50. The fourth-order valence-corrected chi connectivity index (χ4v) is 3.50. The Hall–Kier alpha value is -2.77. The Bertz CT molecular complexity index is 957. The maximum atomic E-state index is 13.0. The fraction of sp³-hybridized carbons (Fsp3) is 0.471. The summed E-state index contributed by atoms with van der Waals surface area (Å²) in [6, 6.07) is 5.40. The van der Waals surface area contributed by atoms with E-state index in [-0.39, 0.29) is 11.9 Å². The summed E-state index contributed by atoms with van der Waals surface area (Å²) in [5.41, 5.74) is 2.24. The van der Waals surface area contributed by atoms with Gasteiger partial charge in [0, 0.05) is 25.1 Å². The molecule has 5 rings (SSSR count). The van der Waals surface area contributed by atoms with Crippen LogP contribution in [0.2, 0.25) is 0 Å². The highest BCUT2D eigenvalue weighted by Crippen LogP contribution is 2.40. The van der Waals surface area contributed by atoms with Crippen molar-refractivity contribution < 1.29 is 9.32 Å². The third-order valence-corrected chi connectivity index (χ3v) is 5.05. The van der Waals surface area contributed by atoms with Crippen LogP contribution in [0, 0.1) is 0 Å². The lowest BCUT2D eigenvalue weighted by Crippen LogP contribution is -2.31. The molecule has 128 valence electrons. The molecule has 1 saturated carbocycles. The number of carbonyl (C=O) groups excluding carboxylic acids is 1. The van der Waals surface area contributed by atoms with Gasteiger partial charge >= 0.3 is 0 Å². The normalized spacial score (nSPS) is 20.5. The largest absolute Gasteiger partial charge is 0.339 e. The van der Waals surface area contributed by atoms with Crippen molar-refractivity contribution in [3.05, 3.63) is 35.5 Å². The number of nitrogens with zero attached hydrogens (tertiary/aromatic N) is 6. The average molecular weight is 338 g/mol. The number of benzene rings is 1. The lowest BCUT2D eigenvalue weighted by molar-refractivity contribution is 0.0728. The summed E-state index contributed by atoms with van der Waals surface area (Å²) in [5.74, 6) is 1.75. The first-order chi connectivity index (χ1) is 12.2. The summed E-state index contributed by atoms with van der Waals surface area (Å²) in [5, 5.41) is 12.2. The maximum absolute atomic E-state index is 13.0. The molecule has 2 aliphatic rings. The summed E-state index contributed by atoms with van der Waals surface area (Å²) >= 11 is 0. The number of likely N-dealkylation sites (tertiary alicyclic amines) is 1. The van der Waals surface area contributed by atoms with Gasteiger partial charge in [0.15, 0.2) is 5.82 Å². The lowest BCUT2D eigenvalue weighted by atomic mass is 10.1. The summed E-state index contributed by atoms with van der Waals surface area (Å²) in [4.78, 5) is 19.4. The van der Waals surface area contributed by atoms with Crippen molar-refractivity contribution in [1.29, 1.82) is 0 Å². The Morgan fingerprint density at radius 1 is 1.28 bits per heavy atom. The van der Waals surface area contributed by atoms with Gasteiger partial charge in [-0.1, -0.05) is 10.4 Å². The monoisotopic (exact) mass is 338 g/mol. The van der Waals surface area contributed by atoms with Crippen molar-refractivity contribution in [2.75, 3.05) is 6.54 Å². The molecule has 3 aromatic rings. The highest BCUT2D eigenvalue weighted by molar-refractivity contribution is 5.97. The molecule has 0 bridgehead atoms. The number of hydrogen-bond acceptors (Lipinski definition) is 6. The van der Waals surface area contributed by atoms with Crippen molar-refractivity contribution in [1.82, 2.24) is 30.0 Å². The van der Waals surface area contributed by atoms with Crippen LogP contribution in [0.4, 0.5) is 0 Å². The number of carbonyl (C=O) groups is 1. The summed E-state index contributed by atoms with van der Waals surface area (Å²) in [6.45, 7) is 0.704. The van der Waals surface area contributed by atoms with Crippen LogP contribution < -0.4 is 0 Å². The molecule has 1 amide bonds. The lowest BCUT2D eigenvalue weighted by Gasteiger charge is -2.22. The molecule has 1 unspecified atom stereocenters. The molecule has 1 aliphatic carbocycles. The van der Waals surface area contributed by atoms with Gasteiger partial charge in [-0.3, -0.25) is 4.79 Å². The molecule has 0 N–H and O–H groups in total. The first kappa shape index (κ1) is 14.6. The number of fused-ring (bicyclic) bond motifs is 1. The number of aryl methyl sites for hydroxylation is 1. The van der Waals surface area contributed by atoms with Crippen LogP contribution in [0.3, 0.4) is 0 Å². The minimum absolute atomic E-state index is 0.0205. The molecular weight excluding hydrogens is 320 g/mol. The minimum Gasteiger partial charge on any atom is -0.339 e. The highest BCUT2D eigenvalue weighted by atomic mass is 16.5. The third-order valence-electron chi connectivity index (χ3n) is 5.05. The molecule has 1 atom stereocenters. The van der Waals surface area contributed by atoms with E-state index in [0.29, 0.717) is 23.9 Å². The van der Waals surface area contributed by atoms with Crippen molar-refractivity contribution in [3.63, 3.8) is 0 Å². The molecule has 2 fully saturated rings. The summed E-state index contributed by atoms with van der Waals surface area (Å²) < 4.78 is 7.07. The van der Waals surface area contributed by atoms with Crippen LogP contribution in [0.15, 0.2) is 22.7 Å². The molecular formula is C17H18N6O2. The van der Waals surface area contributed by atoms with E-state index >= 15 is 0 Å². The first-order valence-electron chi connectivity index (χ1n) is 8.64. The topological polar surface area (TPSA) is 89.9 Å². The zero-order valence-corrected chi connectivity index (χ0v) is 13.9. The smallest absolute Gasteiger partial charge is 0.254 e. The van der Waals surface area contributed by atoms with E-state index in [0.717, 1.165) is 42.6 Å². The molecule has 1 aliphatic heterocycles. The Kier molecular flexibility index (Phi) is 3.13. The van der Waals surface area contributed by atoms with Crippen LogP contribution in [0.1, 0.15) is 59.7 Å². The third kappa shape index (κ3) is 2.40. The van der Waals surface area contributed by atoms with Gasteiger partial charge in [0.1, 0.15) is 5.52 Å². The average Bonchev–Trinajstić information content (AvgIpc) is 3.04. The maximum Gasteiger partial charge on any atom is 0.254 e. The molecule has 8 nitrogen and oxygen atoms in total. The second kappa shape index (κ2) is 5.37. The van der Waals surface area contributed by atoms with Gasteiger partial charge in [-0.25, -0.2) is 4.68 Å². The SMILES string of the molecule is Cn1nnc2cc(C(=O)N3CCCC3c3noc(C4CC4)n3)ccc21. The van der Waals surface area contributed by atoms with Gasteiger partial charge in [-0.15, -0.1) is 5.10 Å². The van der Waals surface area contributed by atoms with Gasteiger partial charge in [0.25, 0.3) is 5.91 Å². The van der Waals surface area contributed by atoms with Gasteiger partial charge < -0.3 is 9.42 Å². The Balaban J connectivity index is 1.43. The van der Waals surface area contributed by atoms with Crippen molar-refractivity contribution in [2.45, 2.75) is 37.6 Å². The van der Waals surface area contributed by atoms with Crippen LogP contribution in [-0.2, 0) is 7.05 Å². The van der Waals surface area contributed by atoms with Crippen molar-refractivity contribution in [2.24, 2.45) is 7.05 Å². The number of aromatic nitrogens is 5. The van der Waals surface area contributed by atoms with E-state index in [1.165, 1.54) is 0 Å². The number of hydrogen-bond donors (Lipinski definition) is 0. The first-order valence-corrected chi connectivity index (χ1v) is 8.64. The highest BCUT2D eigenvalue weighted by Gasteiger charge is 2.36. The second-order valence-corrected chi connectivity index (χ2v) is 6.84. The van der Waals surface area contributed by atoms with Crippen molar-refractivity contribution in [3.8, 4) is 0 Å². The van der Waals surface area contributed by atoms with E-state index in [9.17, 15) is 4.79 Å². The number of rotatable bonds is 3. The van der Waals surface area contributed by atoms with Gasteiger partial charge in [-0.05, 0) is 43.9 Å². The molecule has 1 aromatic carbocycles. The Morgan fingerprint density at radius 3 is 3.00 bits per heavy atom. The van der Waals surface area contributed by atoms with Crippen LogP contribution in [0.25, 0.3) is 11.0 Å².